The Morgan fingerprint density at radius 3 is 2.49 bits per heavy atom. The Labute approximate surface area is 394 Å². The molecule has 1 saturated heterocycles. The second-order valence-electron chi connectivity index (χ2n) is 20.6. The van der Waals surface area contributed by atoms with Crippen LogP contribution in [0.3, 0.4) is 0 Å². The topological polar surface area (TPSA) is 225 Å². The van der Waals surface area contributed by atoms with Crippen molar-refractivity contribution in [3.63, 3.8) is 0 Å². The van der Waals surface area contributed by atoms with Gasteiger partial charge >= 0.3 is 12.1 Å². The second-order valence-corrected chi connectivity index (χ2v) is 22.1. The predicted octanol–water partition coefficient (Wildman–Crippen LogP) is 4.88. The molecule has 0 radical (unpaired) electrons. The molecule has 3 heterocycles. The van der Waals surface area contributed by atoms with E-state index in [2.05, 4.69) is 27.0 Å². The summed E-state index contributed by atoms with van der Waals surface area (Å²) in [5, 5.41) is 5.68. The Kier molecular flexibility index (Phi) is 13.9. The number of hydrogen-bond acceptors (Lipinski definition) is 12. The van der Waals surface area contributed by atoms with Crippen molar-refractivity contribution in [3.05, 3.63) is 45.5 Å². The first-order valence-electron chi connectivity index (χ1n) is 23.6. The SMILES string of the molecule is CCN(CCNC(=O)[C@H](CCCN/C(N)=N\S(=O)(=O)c1c(C)c(C)c2c(c1C)CC(C)(C)O2)CC(=O)CC(=O)OC(C)(C)C)C(=O)Oc1ccc2c3c1O[C@H]1C(=O)CCC4[C@@H](C2)N(C)CC[C@@]341. The highest BCUT2D eigenvalue weighted by Crippen LogP contribution is 2.63. The minimum absolute atomic E-state index is 0.0304. The lowest BCUT2D eigenvalue weighted by molar-refractivity contribution is -0.156. The minimum atomic E-state index is -4.23. The van der Waals surface area contributed by atoms with Crippen LogP contribution < -0.4 is 30.6 Å². The van der Waals surface area contributed by atoms with Gasteiger partial charge in [-0.25, -0.2) is 4.79 Å². The number of hydrogen-bond donors (Lipinski definition) is 3. The van der Waals surface area contributed by atoms with Crippen molar-refractivity contribution >= 4 is 45.5 Å². The molecule has 2 bridgehead atoms. The van der Waals surface area contributed by atoms with Crippen molar-refractivity contribution in [2.24, 2.45) is 22.0 Å². The van der Waals surface area contributed by atoms with E-state index in [-0.39, 0.29) is 73.7 Å². The fraction of sp³-hybridized carbons (Fsp3) is 0.633. The molecular weight excluding hydrogens is 881 g/mol. The molecule has 4 N–H and O–H groups in total. The molecule has 366 valence electrons. The smallest absolute Gasteiger partial charge is 0.415 e. The molecule has 0 aromatic heterocycles. The van der Waals surface area contributed by atoms with Gasteiger partial charge in [-0.15, -0.1) is 4.40 Å². The highest BCUT2D eigenvalue weighted by atomic mass is 32.2. The summed E-state index contributed by atoms with van der Waals surface area (Å²) in [6.45, 7) is 17.4. The molecule has 17 nitrogen and oxygen atoms in total. The summed E-state index contributed by atoms with van der Waals surface area (Å²) in [4.78, 5) is 70.4. The van der Waals surface area contributed by atoms with Gasteiger partial charge in [-0.2, -0.15) is 8.42 Å². The van der Waals surface area contributed by atoms with E-state index in [4.69, 9.17) is 24.7 Å². The van der Waals surface area contributed by atoms with Gasteiger partial charge < -0.3 is 45.1 Å². The second kappa shape index (κ2) is 18.7. The molecule has 2 aliphatic carbocycles. The first-order valence-corrected chi connectivity index (χ1v) is 25.0. The Bertz CT molecular complexity index is 2500. The van der Waals surface area contributed by atoms with Gasteiger partial charge in [0.25, 0.3) is 10.0 Å². The number of rotatable bonds is 16. The highest BCUT2D eigenvalue weighted by molar-refractivity contribution is 7.90. The number of ether oxygens (including phenoxy) is 4. The largest absolute Gasteiger partial charge is 0.487 e. The third-order valence-electron chi connectivity index (χ3n) is 14.3. The third-order valence-corrected chi connectivity index (χ3v) is 15.9. The lowest BCUT2D eigenvalue weighted by atomic mass is 9.52. The number of esters is 1. The molecule has 2 amide bonds. The quantitative estimate of drug-likeness (QED) is 0.0671. The van der Waals surface area contributed by atoms with Crippen LogP contribution in [0.2, 0.25) is 0 Å². The number of guanidine groups is 1. The maximum Gasteiger partial charge on any atom is 0.415 e. The van der Waals surface area contributed by atoms with Crippen molar-refractivity contribution in [2.75, 3.05) is 39.8 Å². The van der Waals surface area contributed by atoms with Crippen LogP contribution in [0, 0.1) is 32.6 Å². The summed E-state index contributed by atoms with van der Waals surface area (Å²) < 4.78 is 55.2. The highest BCUT2D eigenvalue weighted by Gasteiger charge is 2.65. The van der Waals surface area contributed by atoms with E-state index in [1.54, 1.807) is 47.6 Å². The van der Waals surface area contributed by atoms with E-state index < -0.39 is 68.8 Å². The zero-order valence-electron chi connectivity index (χ0n) is 40.7. The van der Waals surface area contributed by atoms with Gasteiger partial charge in [0.15, 0.2) is 23.4 Å². The number of sulfonamides is 1. The number of fused-ring (bicyclic) bond motifs is 1. The van der Waals surface area contributed by atoms with Crippen molar-refractivity contribution in [3.8, 4) is 17.2 Å². The number of nitrogens with one attached hydrogen (secondary N) is 2. The molecule has 18 heteroatoms. The van der Waals surface area contributed by atoms with Crippen LogP contribution in [0.4, 0.5) is 4.79 Å². The first kappa shape index (κ1) is 49.7. The molecule has 2 fully saturated rings. The Hall–Kier alpha value is -5.23. The van der Waals surface area contributed by atoms with E-state index in [0.717, 1.165) is 48.1 Å². The number of likely N-dealkylation sites (N-methyl/N-ethyl adjacent to an activating group) is 2. The summed E-state index contributed by atoms with van der Waals surface area (Å²) >= 11 is 0. The van der Waals surface area contributed by atoms with E-state index in [0.29, 0.717) is 41.5 Å². The summed E-state index contributed by atoms with van der Waals surface area (Å²) in [7, 11) is -2.09. The zero-order valence-corrected chi connectivity index (χ0v) is 41.5. The van der Waals surface area contributed by atoms with Gasteiger partial charge in [0.2, 0.25) is 11.9 Å². The van der Waals surface area contributed by atoms with Crippen molar-refractivity contribution in [2.45, 2.75) is 154 Å². The molecular formula is C49H68N6O11S. The number of ketones is 2. The summed E-state index contributed by atoms with van der Waals surface area (Å²) in [6.07, 6.45) is 1.88. The Morgan fingerprint density at radius 1 is 1.06 bits per heavy atom. The standard InChI is InChI=1S/C49H68N6O11S/c1-11-55(46(60)63-37-17-14-30-24-35-34-15-16-36(57)43-49(34,18-21-54(35)10)39(30)41(37)64-43)22-20-51-44(59)31(23-32(56)25-38(58)65-47(5,6)7)13-12-19-52-45(50)53-67(61,62)42-28(3)27(2)40-33(29(42)4)26-48(8,9)66-40/h14,17,31,34-35,43H,11-13,15-16,18-26H2,1-10H3,(H,51,59)(H3,50,52,53)/t31-,34?,35-,43+,49+/m1/s1. The average molecular weight is 949 g/mol. The van der Waals surface area contributed by atoms with Gasteiger partial charge in [-0.05, 0) is 142 Å². The lowest BCUT2D eigenvalue weighted by Gasteiger charge is -2.57. The fourth-order valence-corrected chi connectivity index (χ4v) is 12.7. The van der Waals surface area contributed by atoms with Gasteiger partial charge in [-0.3, -0.25) is 19.2 Å². The summed E-state index contributed by atoms with van der Waals surface area (Å²) in [5.74, 6) is -1.06. The van der Waals surface area contributed by atoms with Gasteiger partial charge in [0.05, 0.1) is 4.90 Å². The van der Waals surface area contributed by atoms with E-state index in [1.165, 1.54) is 4.90 Å². The van der Waals surface area contributed by atoms with Crippen LogP contribution in [0.25, 0.3) is 0 Å². The predicted molar refractivity (Wildman–Crippen MR) is 250 cm³/mol. The monoisotopic (exact) mass is 948 g/mol. The fourth-order valence-electron chi connectivity index (χ4n) is 11.2. The van der Waals surface area contributed by atoms with Crippen LogP contribution in [-0.2, 0) is 52.2 Å². The third kappa shape index (κ3) is 9.88. The van der Waals surface area contributed by atoms with E-state index >= 15 is 0 Å². The molecule has 67 heavy (non-hydrogen) atoms. The number of carbonyl (C=O) groups is 5. The van der Waals surface area contributed by atoms with Crippen LogP contribution in [0.5, 0.6) is 17.2 Å². The number of nitrogens with zero attached hydrogens (tertiary/aromatic N) is 3. The van der Waals surface area contributed by atoms with Crippen LogP contribution in [-0.4, -0.2) is 117 Å². The van der Waals surface area contributed by atoms with Crippen LogP contribution in [0.15, 0.2) is 21.4 Å². The summed E-state index contributed by atoms with van der Waals surface area (Å²) in [5.41, 5.74) is 9.19. The normalized spacial score (nSPS) is 23.0. The molecule has 2 aromatic carbocycles. The number of Topliss-reactive ketones (excluding diaryl/α,β-unsaturated/α-hetero) is 2. The minimum Gasteiger partial charge on any atom is -0.487 e. The van der Waals surface area contributed by atoms with Crippen molar-refractivity contribution in [1.82, 2.24) is 20.4 Å². The van der Waals surface area contributed by atoms with E-state index in [1.807, 2.05) is 26.8 Å². The first-order chi connectivity index (χ1) is 31.4. The van der Waals surface area contributed by atoms with Crippen molar-refractivity contribution < 1.29 is 51.3 Å². The maximum absolute atomic E-state index is 13.7. The number of piperidine rings is 1. The number of likely N-dealkylation sites (tertiary alicyclic amines) is 1. The van der Waals surface area contributed by atoms with Gasteiger partial charge in [0.1, 0.15) is 29.2 Å². The zero-order chi connectivity index (χ0) is 49.0. The molecule has 5 atom stereocenters. The number of benzene rings is 2. The van der Waals surface area contributed by atoms with E-state index in [9.17, 15) is 32.4 Å². The molecule has 2 aromatic rings. The lowest BCUT2D eigenvalue weighted by Crippen LogP contribution is -2.65. The Morgan fingerprint density at radius 2 is 1.79 bits per heavy atom. The molecule has 3 aliphatic heterocycles. The van der Waals surface area contributed by atoms with Crippen LogP contribution >= 0.6 is 0 Å². The average Bonchev–Trinajstić information content (AvgIpc) is 3.76. The number of amides is 2. The molecule has 1 spiro atoms. The van der Waals surface area contributed by atoms with Gasteiger partial charge in [0, 0.05) is 73.9 Å². The Balaban J connectivity index is 0.978. The molecule has 5 aliphatic rings. The van der Waals surface area contributed by atoms with Crippen molar-refractivity contribution in [1.29, 1.82) is 0 Å². The molecule has 1 unspecified atom stereocenters. The molecule has 7 rings (SSSR count). The number of nitrogens with two attached hydrogens (primary N) is 1. The van der Waals surface area contributed by atoms with Crippen LogP contribution in [0.1, 0.15) is 120 Å². The maximum atomic E-state index is 13.7. The number of carbonyl (C=O) groups excluding carboxylic acids is 5. The van der Waals surface area contributed by atoms with Gasteiger partial charge in [-0.1, -0.05) is 6.07 Å². The molecule has 1 saturated carbocycles. The summed E-state index contributed by atoms with van der Waals surface area (Å²) in [6, 6.07) is 4.05.